The van der Waals surface area contributed by atoms with Crippen LogP contribution in [-0.4, -0.2) is 42.5 Å². The van der Waals surface area contributed by atoms with E-state index in [1.54, 1.807) is 0 Å². The molecule has 5 fully saturated rings. The zero-order valence-corrected chi connectivity index (χ0v) is 19.8. The number of aromatic nitrogens is 2. The zero-order valence-electron chi connectivity index (χ0n) is 18.1. The van der Waals surface area contributed by atoms with Gasteiger partial charge in [-0.2, -0.15) is 5.10 Å². The Labute approximate surface area is 202 Å². The monoisotopic (exact) mass is 479 g/mol. The molecule has 6 nitrogen and oxygen atoms in total. The van der Waals surface area contributed by atoms with Gasteiger partial charge in [-0.25, -0.2) is 4.68 Å². The van der Waals surface area contributed by atoms with Crippen LogP contribution in [0.2, 0.25) is 0 Å². The SMILES string of the molecule is O=C(O)CN1C(=O)C(=Cc2cn(-c3ccccc3)nc2C23CC4CC(CC(C4)C2)C3)SC1=S. The summed E-state index contributed by atoms with van der Waals surface area (Å²) < 4.78 is 2.22. The number of amides is 1. The molecule has 4 bridgehead atoms. The number of nitrogens with zero attached hydrogens (tertiary/aromatic N) is 3. The van der Waals surface area contributed by atoms with Crippen molar-refractivity contribution in [2.75, 3.05) is 6.54 Å². The number of hydrogen-bond acceptors (Lipinski definition) is 5. The fourth-order valence-electron chi connectivity index (χ4n) is 6.93. The van der Waals surface area contributed by atoms with Crippen molar-refractivity contribution in [1.82, 2.24) is 14.7 Å². The highest BCUT2D eigenvalue weighted by atomic mass is 32.2. The molecule has 7 rings (SSSR count). The molecule has 1 aromatic heterocycles. The van der Waals surface area contributed by atoms with Gasteiger partial charge in [-0.1, -0.05) is 42.2 Å². The summed E-state index contributed by atoms with van der Waals surface area (Å²) in [4.78, 5) is 25.8. The van der Waals surface area contributed by atoms with Crippen molar-refractivity contribution in [1.29, 1.82) is 0 Å². The average molecular weight is 480 g/mol. The summed E-state index contributed by atoms with van der Waals surface area (Å²) in [5, 5.41) is 14.3. The van der Waals surface area contributed by atoms with E-state index in [2.05, 4.69) is 0 Å². The molecule has 1 N–H and O–H groups in total. The van der Waals surface area contributed by atoms with Gasteiger partial charge >= 0.3 is 5.97 Å². The fourth-order valence-corrected chi connectivity index (χ4v) is 8.18. The number of para-hydroxylation sites is 1. The van der Waals surface area contributed by atoms with Crippen LogP contribution < -0.4 is 0 Å². The van der Waals surface area contributed by atoms with Gasteiger partial charge in [-0.15, -0.1) is 0 Å². The Kier molecular flexibility index (Phi) is 4.99. The van der Waals surface area contributed by atoms with Crippen LogP contribution in [0, 0.1) is 17.8 Å². The van der Waals surface area contributed by atoms with Gasteiger partial charge in [-0.3, -0.25) is 14.5 Å². The third-order valence-corrected chi connectivity index (χ3v) is 9.14. The Morgan fingerprint density at radius 1 is 1.15 bits per heavy atom. The molecule has 4 saturated carbocycles. The number of carboxylic acid groups (broad SMARTS) is 1. The van der Waals surface area contributed by atoms with E-state index < -0.39 is 12.5 Å². The molecule has 1 amide bonds. The number of carbonyl (C=O) groups is 2. The fraction of sp³-hybridized carbons (Fsp3) is 0.440. The molecular weight excluding hydrogens is 454 g/mol. The average Bonchev–Trinajstić information content (AvgIpc) is 3.31. The van der Waals surface area contributed by atoms with E-state index in [1.165, 1.54) is 55.2 Å². The topological polar surface area (TPSA) is 75.4 Å². The van der Waals surface area contributed by atoms with Gasteiger partial charge in [0.05, 0.1) is 16.3 Å². The van der Waals surface area contributed by atoms with E-state index in [4.69, 9.17) is 22.4 Å². The normalized spacial score (nSPS) is 31.7. The first-order valence-corrected chi connectivity index (χ1v) is 12.8. The number of carbonyl (C=O) groups excluding carboxylic acids is 1. The van der Waals surface area contributed by atoms with Crippen LogP contribution in [0.25, 0.3) is 11.8 Å². The van der Waals surface area contributed by atoms with E-state index in [9.17, 15) is 9.59 Å². The lowest BCUT2D eigenvalue weighted by molar-refractivity contribution is -0.140. The molecular formula is C25H25N3O3S2. The maximum atomic E-state index is 13.0. The number of thioether (sulfide) groups is 1. The Bertz CT molecular complexity index is 1150. The van der Waals surface area contributed by atoms with Gasteiger partial charge in [0.1, 0.15) is 10.9 Å². The minimum atomic E-state index is -1.07. The van der Waals surface area contributed by atoms with Crippen LogP contribution >= 0.6 is 24.0 Å². The quantitative estimate of drug-likeness (QED) is 0.498. The maximum Gasteiger partial charge on any atom is 0.323 e. The third-order valence-electron chi connectivity index (χ3n) is 7.76. The molecule has 0 spiro atoms. The molecule has 8 heteroatoms. The number of aliphatic carboxylic acids is 1. The van der Waals surface area contributed by atoms with Crippen LogP contribution in [-0.2, 0) is 15.0 Å². The second-order valence-corrected chi connectivity index (χ2v) is 11.7. The minimum Gasteiger partial charge on any atom is -0.480 e. The molecule has 0 atom stereocenters. The summed E-state index contributed by atoms with van der Waals surface area (Å²) in [7, 11) is 0. The van der Waals surface area contributed by atoms with Crippen LogP contribution in [0.4, 0.5) is 0 Å². The first-order valence-electron chi connectivity index (χ1n) is 11.5. The summed E-state index contributed by atoms with van der Waals surface area (Å²) in [5.74, 6) is 0.925. The van der Waals surface area contributed by atoms with Gasteiger partial charge in [0.2, 0.25) is 0 Å². The van der Waals surface area contributed by atoms with Crippen molar-refractivity contribution in [3.8, 4) is 5.69 Å². The molecule has 0 unspecified atom stereocenters. The smallest absolute Gasteiger partial charge is 0.323 e. The second-order valence-electron chi connectivity index (χ2n) is 10.1. The predicted molar refractivity (Wildman–Crippen MR) is 131 cm³/mol. The lowest BCUT2D eigenvalue weighted by atomic mass is 9.48. The molecule has 0 radical (unpaired) electrons. The van der Waals surface area contributed by atoms with E-state index in [0.29, 0.717) is 9.23 Å². The highest BCUT2D eigenvalue weighted by Crippen LogP contribution is 2.61. The van der Waals surface area contributed by atoms with E-state index >= 15 is 0 Å². The minimum absolute atomic E-state index is 0.0642. The second kappa shape index (κ2) is 7.81. The van der Waals surface area contributed by atoms with Gasteiger partial charge in [0.25, 0.3) is 5.91 Å². The van der Waals surface area contributed by atoms with Crippen LogP contribution in [0.5, 0.6) is 0 Å². The van der Waals surface area contributed by atoms with E-state index in [0.717, 1.165) is 34.7 Å². The van der Waals surface area contributed by atoms with Gasteiger partial charge in [0.15, 0.2) is 0 Å². The first-order chi connectivity index (χ1) is 15.9. The van der Waals surface area contributed by atoms with E-state index in [-0.39, 0.29) is 11.3 Å². The van der Waals surface area contributed by atoms with Crippen molar-refractivity contribution in [3.63, 3.8) is 0 Å². The summed E-state index contributed by atoms with van der Waals surface area (Å²) >= 11 is 6.48. The number of hydrogen-bond donors (Lipinski definition) is 1. The highest BCUT2D eigenvalue weighted by molar-refractivity contribution is 8.26. The maximum absolute atomic E-state index is 13.0. The zero-order chi connectivity index (χ0) is 22.7. The third kappa shape index (κ3) is 3.64. The van der Waals surface area contributed by atoms with Crippen molar-refractivity contribution in [2.45, 2.75) is 43.9 Å². The molecule has 4 aliphatic carbocycles. The predicted octanol–water partition coefficient (Wildman–Crippen LogP) is 4.63. The Balaban J connectivity index is 1.43. The summed E-state index contributed by atoms with van der Waals surface area (Å²) in [6.45, 7) is -0.410. The van der Waals surface area contributed by atoms with E-state index in [1.807, 2.05) is 47.3 Å². The Morgan fingerprint density at radius 3 is 2.39 bits per heavy atom. The molecule has 33 heavy (non-hydrogen) atoms. The number of benzene rings is 1. The number of thiocarbonyl (C=S) groups is 1. The standard InChI is InChI=1S/C25H25N3O3S2/c29-21(30)14-27-23(31)20(33-24(27)32)9-18-13-28(19-4-2-1-3-5-19)26-22(18)25-10-15-6-16(11-25)8-17(7-15)12-25/h1-5,9,13,15-17H,6-8,10-12,14H2,(H,29,30). The van der Waals surface area contributed by atoms with Crippen LogP contribution in [0.3, 0.4) is 0 Å². The van der Waals surface area contributed by atoms with Crippen molar-refractivity contribution in [2.24, 2.45) is 17.8 Å². The van der Waals surface area contributed by atoms with Crippen molar-refractivity contribution < 1.29 is 14.7 Å². The lowest BCUT2D eigenvalue weighted by Gasteiger charge is -2.56. The summed E-state index contributed by atoms with van der Waals surface area (Å²) in [6, 6.07) is 10.1. The Hall–Kier alpha value is -2.45. The summed E-state index contributed by atoms with van der Waals surface area (Å²) in [5.41, 5.74) is 3.10. The van der Waals surface area contributed by atoms with Crippen molar-refractivity contribution in [3.05, 3.63) is 52.7 Å². The van der Waals surface area contributed by atoms with Crippen LogP contribution in [0.1, 0.15) is 49.8 Å². The lowest BCUT2D eigenvalue weighted by Crippen LogP contribution is -2.49. The van der Waals surface area contributed by atoms with Gasteiger partial charge < -0.3 is 5.11 Å². The largest absolute Gasteiger partial charge is 0.480 e. The van der Waals surface area contributed by atoms with Gasteiger partial charge in [0, 0.05) is 17.2 Å². The molecule has 1 aromatic carbocycles. The summed E-state index contributed by atoms with van der Waals surface area (Å²) in [6.07, 6.45) is 11.5. The molecule has 1 aliphatic heterocycles. The first kappa shape index (κ1) is 21.1. The van der Waals surface area contributed by atoms with Gasteiger partial charge in [-0.05, 0) is 74.5 Å². The number of rotatable bonds is 5. The molecule has 5 aliphatic rings. The van der Waals surface area contributed by atoms with Crippen molar-refractivity contribution >= 4 is 46.3 Å². The Morgan fingerprint density at radius 2 is 1.79 bits per heavy atom. The molecule has 2 heterocycles. The molecule has 2 aromatic rings. The number of carboxylic acids is 1. The molecule has 170 valence electrons. The van der Waals surface area contributed by atoms with Crippen LogP contribution in [0.15, 0.2) is 41.4 Å². The highest BCUT2D eigenvalue weighted by Gasteiger charge is 2.53. The molecule has 1 saturated heterocycles.